The van der Waals surface area contributed by atoms with Gasteiger partial charge in [0.1, 0.15) is 5.67 Å². The molecular formula is C12H15FN2. The molecule has 1 aromatic carbocycles. The Morgan fingerprint density at radius 2 is 2.20 bits per heavy atom. The Morgan fingerprint density at radius 3 is 2.87 bits per heavy atom. The standard InChI is InChI=1S/C12H15FN2/c1-2-12(13,8-14)10-4-3-5-11-9(10)6-7-15-11/h3-7,15H,2,8,14H2,1H3. The predicted octanol–water partition coefficient (Wildman–Crippen LogP) is 2.70. The molecule has 1 unspecified atom stereocenters. The first-order valence-corrected chi connectivity index (χ1v) is 5.17. The Kier molecular flexibility index (Phi) is 2.49. The van der Waals surface area contributed by atoms with Gasteiger partial charge in [0.05, 0.1) is 0 Å². The Morgan fingerprint density at radius 1 is 1.40 bits per heavy atom. The lowest BCUT2D eigenvalue weighted by Crippen LogP contribution is -2.29. The van der Waals surface area contributed by atoms with Gasteiger partial charge in [0, 0.05) is 23.6 Å². The van der Waals surface area contributed by atoms with Crippen LogP contribution in [0.2, 0.25) is 0 Å². The van der Waals surface area contributed by atoms with E-state index in [0.717, 1.165) is 10.9 Å². The van der Waals surface area contributed by atoms with Crippen LogP contribution in [-0.4, -0.2) is 11.5 Å². The van der Waals surface area contributed by atoms with Crippen molar-refractivity contribution in [2.75, 3.05) is 6.54 Å². The van der Waals surface area contributed by atoms with E-state index < -0.39 is 5.67 Å². The van der Waals surface area contributed by atoms with Gasteiger partial charge in [-0.05, 0) is 24.1 Å². The third-order valence-electron chi connectivity index (χ3n) is 2.96. The van der Waals surface area contributed by atoms with Gasteiger partial charge in [-0.1, -0.05) is 19.1 Å². The summed E-state index contributed by atoms with van der Waals surface area (Å²) in [6, 6.07) is 7.50. The molecular weight excluding hydrogens is 191 g/mol. The minimum Gasteiger partial charge on any atom is -0.361 e. The second-order valence-corrected chi connectivity index (χ2v) is 3.77. The van der Waals surface area contributed by atoms with E-state index in [9.17, 15) is 4.39 Å². The first-order valence-electron chi connectivity index (χ1n) is 5.17. The highest BCUT2D eigenvalue weighted by Gasteiger charge is 2.29. The van der Waals surface area contributed by atoms with E-state index in [1.54, 1.807) is 0 Å². The van der Waals surface area contributed by atoms with Crippen molar-refractivity contribution in [3.8, 4) is 0 Å². The molecule has 15 heavy (non-hydrogen) atoms. The molecule has 0 aliphatic carbocycles. The number of alkyl halides is 1. The van der Waals surface area contributed by atoms with E-state index in [2.05, 4.69) is 4.98 Å². The number of H-pyrrole nitrogens is 1. The van der Waals surface area contributed by atoms with E-state index in [-0.39, 0.29) is 6.54 Å². The molecule has 0 saturated carbocycles. The van der Waals surface area contributed by atoms with Crippen molar-refractivity contribution in [1.82, 2.24) is 4.98 Å². The van der Waals surface area contributed by atoms with E-state index in [0.29, 0.717) is 12.0 Å². The van der Waals surface area contributed by atoms with E-state index in [1.165, 1.54) is 0 Å². The summed E-state index contributed by atoms with van der Waals surface area (Å²) >= 11 is 0. The fourth-order valence-electron chi connectivity index (χ4n) is 1.92. The third kappa shape index (κ3) is 1.53. The molecule has 2 aromatic rings. The molecule has 3 N–H and O–H groups in total. The second kappa shape index (κ2) is 3.66. The molecule has 0 aliphatic heterocycles. The maximum Gasteiger partial charge on any atom is 0.148 e. The fourth-order valence-corrected chi connectivity index (χ4v) is 1.92. The van der Waals surface area contributed by atoms with E-state index in [4.69, 9.17) is 5.73 Å². The van der Waals surface area contributed by atoms with Gasteiger partial charge >= 0.3 is 0 Å². The summed E-state index contributed by atoms with van der Waals surface area (Å²) in [6.45, 7) is 1.84. The summed E-state index contributed by atoms with van der Waals surface area (Å²) in [5.74, 6) is 0. The molecule has 0 fully saturated rings. The van der Waals surface area contributed by atoms with Gasteiger partial charge in [0.15, 0.2) is 0 Å². The molecule has 0 radical (unpaired) electrons. The van der Waals surface area contributed by atoms with Crippen molar-refractivity contribution >= 4 is 10.9 Å². The van der Waals surface area contributed by atoms with Crippen LogP contribution in [0.4, 0.5) is 4.39 Å². The van der Waals surface area contributed by atoms with Crippen molar-refractivity contribution in [1.29, 1.82) is 0 Å². The van der Waals surface area contributed by atoms with Gasteiger partial charge in [0.2, 0.25) is 0 Å². The van der Waals surface area contributed by atoms with Gasteiger partial charge in [0.25, 0.3) is 0 Å². The molecule has 1 aromatic heterocycles. The molecule has 0 bridgehead atoms. The third-order valence-corrected chi connectivity index (χ3v) is 2.96. The fraction of sp³-hybridized carbons (Fsp3) is 0.333. The average Bonchev–Trinajstić information content (AvgIpc) is 2.75. The maximum atomic E-state index is 14.5. The molecule has 1 atom stereocenters. The monoisotopic (exact) mass is 206 g/mol. The second-order valence-electron chi connectivity index (χ2n) is 3.77. The number of halogens is 1. The minimum absolute atomic E-state index is 0.0216. The molecule has 80 valence electrons. The lowest BCUT2D eigenvalue weighted by molar-refractivity contribution is 0.171. The number of nitrogens with two attached hydrogens (primary N) is 1. The molecule has 0 spiro atoms. The number of hydrogen-bond donors (Lipinski definition) is 2. The van der Waals surface area contributed by atoms with Crippen molar-refractivity contribution in [3.05, 3.63) is 36.0 Å². The van der Waals surface area contributed by atoms with Crippen LogP contribution in [0, 0.1) is 0 Å². The van der Waals surface area contributed by atoms with Crippen LogP contribution in [0.5, 0.6) is 0 Å². The number of aromatic amines is 1. The highest BCUT2D eigenvalue weighted by molar-refractivity contribution is 5.83. The lowest BCUT2D eigenvalue weighted by Gasteiger charge is -2.23. The van der Waals surface area contributed by atoms with Crippen molar-refractivity contribution in [2.45, 2.75) is 19.0 Å². The Balaban J connectivity index is 2.64. The number of fused-ring (bicyclic) bond motifs is 1. The Labute approximate surface area is 88.3 Å². The maximum absolute atomic E-state index is 14.5. The zero-order valence-corrected chi connectivity index (χ0v) is 8.76. The molecule has 2 nitrogen and oxygen atoms in total. The van der Waals surface area contributed by atoms with Crippen LogP contribution in [0.1, 0.15) is 18.9 Å². The van der Waals surface area contributed by atoms with Gasteiger partial charge in [-0.2, -0.15) is 0 Å². The zero-order valence-electron chi connectivity index (χ0n) is 8.76. The van der Waals surface area contributed by atoms with E-state index in [1.807, 2.05) is 37.4 Å². The summed E-state index contributed by atoms with van der Waals surface area (Å²) < 4.78 is 14.5. The van der Waals surface area contributed by atoms with Gasteiger partial charge in [-0.25, -0.2) is 4.39 Å². The van der Waals surface area contributed by atoms with Crippen LogP contribution >= 0.6 is 0 Å². The van der Waals surface area contributed by atoms with E-state index >= 15 is 0 Å². The summed E-state index contributed by atoms with van der Waals surface area (Å²) in [5.41, 5.74) is 5.75. The number of aromatic nitrogens is 1. The first kappa shape index (κ1) is 10.2. The zero-order chi connectivity index (χ0) is 10.9. The summed E-state index contributed by atoms with van der Waals surface area (Å²) in [6.07, 6.45) is 2.22. The highest BCUT2D eigenvalue weighted by atomic mass is 19.1. The van der Waals surface area contributed by atoms with Crippen molar-refractivity contribution in [2.24, 2.45) is 5.73 Å². The number of hydrogen-bond acceptors (Lipinski definition) is 1. The summed E-state index contributed by atoms with van der Waals surface area (Å²) in [4.78, 5) is 3.07. The molecule has 2 rings (SSSR count). The first-order chi connectivity index (χ1) is 7.21. The van der Waals surface area contributed by atoms with Gasteiger partial charge in [-0.15, -0.1) is 0 Å². The minimum atomic E-state index is -1.41. The van der Waals surface area contributed by atoms with Crippen LogP contribution in [-0.2, 0) is 5.67 Å². The quantitative estimate of drug-likeness (QED) is 0.796. The topological polar surface area (TPSA) is 41.8 Å². The predicted molar refractivity (Wildman–Crippen MR) is 60.4 cm³/mol. The molecule has 1 heterocycles. The highest BCUT2D eigenvalue weighted by Crippen LogP contribution is 2.33. The molecule has 0 amide bonds. The molecule has 0 saturated heterocycles. The number of nitrogens with one attached hydrogen (secondary N) is 1. The van der Waals surface area contributed by atoms with Crippen LogP contribution in [0.3, 0.4) is 0 Å². The van der Waals surface area contributed by atoms with Crippen LogP contribution < -0.4 is 5.73 Å². The number of rotatable bonds is 3. The van der Waals surface area contributed by atoms with Crippen molar-refractivity contribution in [3.63, 3.8) is 0 Å². The van der Waals surface area contributed by atoms with Gasteiger partial charge in [-0.3, -0.25) is 0 Å². The van der Waals surface area contributed by atoms with Crippen LogP contribution in [0.25, 0.3) is 10.9 Å². The summed E-state index contributed by atoms with van der Waals surface area (Å²) in [5, 5.41) is 0.923. The van der Waals surface area contributed by atoms with Crippen molar-refractivity contribution < 1.29 is 4.39 Å². The van der Waals surface area contributed by atoms with Crippen LogP contribution in [0.15, 0.2) is 30.5 Å². The largest absolute Gasteiger partial charge is 0.361 e. The number of benzene rings is 1. The SMILES string of the molecule is CCC(F)(CN)c1cccc2[nH]ccc12. The Hall–Kier alpha value is -1.35. The normalized spacial score (nSPS) is 15.4. The Bertz CT molecular complexity index is 457. The average molecular weight is 206 g/mol. The summed E-state index contributed by atoms with van der Waals surface area (Å²) in [7, 11) is 0. The molecule has 0 aliphatic rings. The van der Waals surface area contributed by atoms with Gasteiger partial charge < -0.3 is 10.7 Å². The lowest BCUT2D eigenvalue weighted by atomic mass is 9.90. The smallest absolute Gasteiger partial charge is 0.148 e. The molecule has 3 heteroatoms.